The highest BCUT2D eigenvalue weighted by Gasteiger charge is 2.41. The summed E-state index contributed by atoms with van der Waals surface area (Å²) in [5, 5.41) is 9.98. The Morgan fingerprint density at radius 2 is 1.89 bits per heavy atom. The number of halogens is 4. The van der Waals surface area contributed by atoms with Crippen LogP contribution in [0.1, 0.15) is 21.1 Å². The average Bonchev–Trinajstić information content (AvgIpc) is 2.75. The van der Waals surface area contributed by atoms with E-state index in [4.69, 9.17) is 5.11 Å². The molecule has 0 aliphatic rings. The summed E-state index contributed by atoms with van der Waals surface area (Å²) in [4.78, 5) is 21.6. The molecule has 100 valence electrons. The Bertz CT molecular complexity index is 457. The molecule has 2 N–H and O–H groups in total. The topological polar surface area (TPSA) is 79.5 Å². The van der Waals surface area contributed by atoms with Crippen molar-refractivity contribution in [2.45, 2.75) is 12.3 Å². The first-order valence-electron chi connectivity index (χ1n) is 4.51. The SMILES string of the molecule is O=C(O)c1ccc(C(=O)NCC(F)(F)C(F)F)o1. The van der Waals surface area contributed by atoms with Gasteiger partial charge in [-0.3, -0.25) is 4.79 Å². The van der Waals surface area contributed by atoms with Crippen molar-refractivity contribution < 1.29 is 36.7 Å². The van der Waals surface area contributed by atoms with E-state index >= 15 is 0 Å². The third-order valence-electron chi connectivity index (χ3n) is 1.84. The van der Waals surface area contributed by atoms with Gasteiger partial charge >= 0.3 is 18.3 Å². The number of furan rings is 1. The molecule has 5 nitrogen and oxygen atoms in total. The molecule has 1 heterocycles. The summed E-state index contributed by atoms with van der Waals surface area (Å²) in [5.41, 5.74) is 0. The number of alkyl halides is 4. The molecular weight excluding hydrogens is 262 g/mol. The first kappa shape index (κ1) is 14.0. The summed E-state index contributed by atoms with van der Waals surface area (Å²) in [6.07, 6.45) is -3.91. The summed E-state index contributed by atoms with van der Waals surface area (Å²) in [6.45, 7) is -1.58. The van der Waals surface area contributed by atoms with Crippen molar-refractivity contribution in [3.05, 3.63) is 23.7 Å². The highest BCUT2D eigenvalue weighted by atomic mass is 19.3. The van der Waals surface area contributed by atoms with Crippen LogP contribution in [0.3, 0.4) is 0 Å². The number of carbonyl (C=O) groups excluding carboxylic acids is 1. The number of nitrogens with one attached hydrogen (secondary N) is 1. The third-order valence-corrected chi connectivity index (χ3v) is 1.84. The molecule has 0 fully saturated rings. The van der Waals surface area contributed by atoms with Crippen molar-refractivity contribution in [1.29, 1.82) is 0 Å². The van der Waals surface area contributed by atoms with E-state index in [1.54, 1.807) is 0 Å². The average molecular weight is 269 g/mol. The van der Waals surface area contributed by atoms with Crippen LogP contribution in [0.5, 0.6) is 0 Å². The van der Waals surface area contributed by atoms with E-state index in [2.05, 4.69) is 4.42 Å². The molecule has 0 saturated carbocycles. The molecule has 1 aromatic rings. The lowest BCUT2D eigenvalue weighted by Crippen LogP contribution is -2.41. The number of amides is 1. The van der Waals surface area contributed by atoms with Gasteiger partial charge in [0.25, 0.3) is 5.91 Å². The Kier molecular flexibility index (Phi) is 3.94. The zero-order valence-electron chi connectivity index (χ0n) is 8.62. The molecule has 0 saturated heterocycles. The van der Waals surface area contributed by atoms with Gasteiger partial charge in [0.15, 0.2) is 5.76 Å². The molecule has 0 bridgehead atoms. The highest BCUT2D eigenvalue weighted by molar-refractivity contribution is 5.93. The van der Waals surface area contributed by atoms with Gasteiger partial charge in [-0.25, -0.2) is 13.6 Å². The highest BCUT2D eigenvalue weighted by Crippen LogP contribution is 2.21. The van der Waals surface area contributed by atoms with Crippen LogP contribution < -0.4 is 5.32 Å². The summed E-state index contributed by atoms with van der Waals surface area (Å²) < 4.78 is 53.0. The van der Waals surface area contributed by atoms with Crippen LogP contribution in [-0.2, 0) is 0 Å². The van der Waals surface area contributed by atoms with Crippen LogP contribution >= 0.6 is 0 Å². The van der Waals surface area contributed by atoms with Gasteiger partial charge in [0.1, 0.15) is 0 Å². The van der Waals surface area contributed by atoms with Crippen molar-refractivity contribution in [3.63, 3.8) is 0 Å². The molecule has 1 amide bonds. The van der Waals surface area contributed by atoms with Gasteiger partial charge in [-0.1, -0.05) is 0 Å². The number of carboxylic acids is 1. The van der Waals surface area contributed by atoms with Gasteiger partial charge < -0.3 is 14.8 Å². The molecule has 18 heavy (non-hydrogen) atoms. The Hall–Kier alpha value is -2.06. The van der Waals surface area contributed by atoms with Crippen molar-refractivity contribution >= 4 is 11.9 Å². The number of aromatic carboxylic acids is 1. The predicted octanol–water partition coefficient (Wildman–Crippen LogP) is 1.61. The molecule has 0 aliphatic carbocycles. The normalized spacial score (nSPS) is 11.6. The fourth-order valence-electron chi connectivity index (χ4n) is 0.937. The number of hydrogen-bond donors (Lipinski definition) is 2. The van der Waals surface area contributed by atoms with Gasteiger partial charge in [0.2, 0.25) is 5.76 Å². The van der Waals surface area contributed by atoms with Gasteiger partial charge in [0, 0.05) is 0 Å². The van der Waals surface area contributed by atoms with Gasteiger partial charge in [0.05, 0.1) is 6.54 Å². The number of carboxylic acid groups (broad SMARTS) is 1. The van der Waals surface area contributed by atoms with E-state index in [0.717, 1.165) is 12.1 Å². The van der Waals surface area contributed by atoms with Crippen molar-refractivity contribution in [1.82, 2.24) is 5.32 Å². The number of hydrogen-bond acceptors (Lipinski definition) is 3. The predicted molar refractivity (Wildman–Crippen MR) is 49.0 cm³/mol. The smallest absolute Gasteiger partial charge is 0.371 e. The van der Waals surface area contributed by atoms with E-state index in [1.807, 2.05) is 0 Å². The zero-order chi connectivity index (χ0) is 13.9. The zero-order valence-corrected chi connectivity index (χ0v) is 8.62. The van der Waals surface area contributed by atoms with E-state index in [9.17, 15) is 27.2 Å². The molecule has 9 heteroatoms. The fraction of sp³-hybridized carbons (Fsp3) is 0.333. The second-order valence-corrected chi connectivity index (χ2v) is 3.21. The minimum Gasteiger partial charge on any atom is -0.475 e. The Morgan fingerprint density at radius 1 is 1.33 bits per heavy atom. The molecule has 1 aromatic heterocycles. The maximum Gasteiger partial charge on any atom is 0.371 e. The van der Waals surface area contributed by atoms with Crippen molar-refractivity contribution in [2.24, 2.45) is 0 Å². The standard InChI is InChI=1S/C9H7F4NO4/c10-8(11)9(12,13)3-14-6(15)4-1-2-5(18-4)7(16)17/h1-2,8H,3H2,(H,14,15)(H,16,17). The summed E-state index contributed by atoms with van der Waals surface area (Å²) in [6, 6.07) is 1.86. The lowest BCUT2D eigenvalue weighted by atomic mass is 10.3. The lowest BCUT2D eigenvalue weighted by Gasteiger charge is -2.14. The first-order valence-corrected chi connectivity index (χ1v) is 4.51. The van der Waals surface area contributed by atoms with E-state index in [0.29, 0.717) is 0 Å². The molecule has 0 aliphatic heterocycles. The van der Waals surface area contributed by atoms with E-state index in [-0.39, 0.29) is 0 Å². The van der Waals surface area contributed by atoms with Crippen molar-refractivity contribution in [2.75, 3.05) is 6.54 Å². The largest absolute Gasteiger partial charge is 0.475 e. The summed E-state index contributed by atoms with van der Waals surface area (Å²) in [5.74, 6) is -8.15. The quantitative estimate of drug-likeness (QED) is 0.796. The van der Waals surface area contributed by atoms with Crippen molar-refractivity contribution in [3.8, 4) is 0 Å². The molecule has 0 radical (unpaired) electrons. The minimum absolute atomic E-state index is 0.558. The van der Waals surface area contributed by atoms with Gasteiger partial charge in [-0.05, 0) is 12.1 Å². The minimum atomic E-state index is -4.36. The number of rotatable bonds is 5. The van der Waals surface area contributed by atoms with Gasteiger partial charge in [-0.15, -0.1) is 0 Å². The maximum absolute atomic E-state index is 12.5. The molecule has 0 atom stereocenters. The van der Waals surface area contributed by atoms with Crippen LogP contribution in [-0.4, -0.2) is 35.9 Å². The van der Waals surface area contributed by atoms with Crippen LogP contribution in [0.25, 0.3) is 0 Å². The second-order valence-electron chi connectivity index (χ2n) is 3.21. The fourth-order valence-corrected chi connectivity index (χ4v) is 0.937. The third kappa shape index (κ3) is 3.22. The van der Waals surface area contributed by atoms with Crippen LogP contribution in [0.2, 0.25) is 0 Å². The maximum atomic E-state index is 12.5. The second kappa shape index (κ2) is 5.07. The molecule has 0 spiro atoms. The van der Waals surface area contributed by atoms with Gasteiger partial charge in [-0.2, -0.15) is 8.78 Å². The van der Waals surface area contributed by atoms with Crippen LogP contribution in [0, 0.1) is 0 Å². The Labute approximate surface area is 97.4 Å². The van der Waals surface area contributed by atoms with Crippen LogP contribution in [0.4, 0.5) is 17.6 Å². The lowest BCUT2D eigenvalue weighted by molar-refractivity contribution is -0.123. The molecular formula is C9H7F4NO4. The Balaban J connectivity index is 2.63. The monoisotopic (exact) mass is 269 g/mol. The summed E-state index contributed by atoms with van der Waals surface area (Å²) in [7, 11) is 0. The van der Waals surface area contributed by atoms with E-state index < -0.39 is 42.3 Å². The first-order chi connectivity index (χ1) is 8.24. The molecule has 1 rings (SSSR count). The molecule has 0 aromatic carbocycles. The molecule has 0 unspecified atom stereocenters. The summed E-state index contributed by atoms with van der Waals surface area (Å²) >= 11 is 0. The number of carbonyl (C=O) groups is 2. The van der Waals surface area contributed by atoms with Crippen LogP contribution in [0.15, 0.2) is 16.5 Å². The Morgan fingerprint density at radius 3 is 2.33 bits per heavy atom. The van der Waals surface area contributed by atoms with E-state index in [1.165, 1.54) is 5.32 Å².